The largest absolute Gasteiger partial charge is 0.374 e. The van der Waals surface area contributed by atoms with E-state index >= 15 is 0 Å². The summed E-state index contributed by atoms with van der Waals surface area (Å²) in [6.07, 6.45) is 4.14. The monoisotopic (exact) mass is 283 g/mol. The molecule has 1 atom stereocenters. The molecule has 5 nitrogen and oxygen atoms in total. The van der Waals surface area contributed by atoms with Gasteiger partial charge in [0.05, 0.1) is 12.7 Å². The Morgan fingerprint density at radius 3 is 2.90 bits per heavy atom. The molecule has 0 aromatic rings. The molecule has 0 bridgehead atoms. The Morgan fingerprint density at radius 2 is 2.20 bits per heavy atom. The van der Waals surface area contributed by atoms with Gasteiger partial charge in [-0.15, -0.1) is 0 Å². The number of rotatable bonds is 8. The lowest BCUT2D eigenvalue weighted by molar-refractivity contribution is -0.121. The number of amides is 1. The van der Waals surface area contributed by atoms with Crippen molar-refractivity contribution in [2.45, 2.75) is 57.7 Å². The zero-order valence-electron chi connectivity index (χ0n) is 12.9. The maximum atomic E-state index is 11.5. The molecule has 0 spiro atoms. The summed E-state index contributed by atoms with van der Waals surface area (Å²) in [5, 5.41) is 6.42. The third-order valence-corrected chi connectivity index (χ3v) is 3.97. The smallest absolute Gasteiger partial charge is 0.220 e. The maximum Gasteiger partial charge on any atom is 0.220 e. The quantitative estimate of drug-likeness (QED) is 0.645. The molecule has 2 N–H and O–H groups in total. The van der Waals surface area contributed by atoms with E-state index in [1.807, 2.05) is 0 Å². The molecule has 1 aliphatic heterocycles. The van der Waals surface area contributed by atoms with E-state index in [1.165, 1.54) is 0 Å². The topological polar surface area (TPSA) is 53.6 Å². The normalized spacial score (nSPS) is 24.1. The van der Waals surface area contributed by atoms with Crippen molar-refractivity contribution in [1.29, 1.82) is 0 Å². The predicted molar refractivity (Wildman–Crippen MR) is 79.7 cm³/mol. The molecule has 0 radical (unpaired) electrons. The van der Waals surface area contributed by atoms with E-state index in [2.05, 4.69) is 29.4 Å². The van der Waals surface area contributed by atoms with Crippen LogP contribution >= 0.6 is 0 Å². The standard InChI is InChI=1S/C15H29N3O2/c1-12(2)18-8-9-20-14(11-18)10-16-7-3-4-15(19)17-13-5-6-13/h12-14,16H,3-11H2,1-2H3,(H,17,19). The Morgan fingerprint density at radius 1 is 1.40 bits per heavy atom. The number of hydrogen-bond acceptors (Lipinski definition) is 4. The minimum absolute atomic E-state index is 0.203. The van der Waals surface area contributed by atoms with Crippen LogP contribution in [0, 0.1) is 0 Å². The maximum absolute atomic E-state index is 11.5. The van der Waals surface area contributed by atoms with E-state index in [1.54, 1.807) is 0 Å². The fourth-order valence-electron chi connectivity index (χ4n) is 2.50. The van der Waals surface area contributed by atoms with Gasteiger partial charge in [0.2, 0.25) is 5.91 Å². The summed E-state index contributed by atoms with van der Waals surface area (Å²) in [5.74, 6) is 0.203. The van der Waals surface area contributed by atoms with E-state index in [9.17, 15) is 4.79 Å². The highest BCUT2D eigenvalue weighted by molar-refractivity contribution is 5.76. The molecule has 20 heavy (non-hydrogen) atoms. The van der Waals surface area contributed by atoms with Gasteiger partial charge >= 0.3 is 0 Å². The zero-order chi connectivity index (χ0) is 14.4. The summed E-state index contributed by atoms with van der Waals surface area (Å²) < 4.78 is 5.76. The molecule has 116 valence electrons. The van der Waals surface area contributed by atoms with Crippen molar-refractivity contribution in [3.8, 4) is 0 Å². The zero-order valence-corrected chi connectivity index (χ0v) is 12.9. The van der Waals surface area contributed by atoms with Gasteiger partial charge in [0.1, 0.15) is 0 Å². The summed E-state index contributed by atoms with van der Waals surface area (Å²) in [4.78, 5) is 14.0. The van der Waals surface area contributed by atoms with Gasteiger partial charge in [-0.05, 0) is 39.7 Å². The highest BCUT2D eigenvalue weighted by Gasteiger charge is 2.23. The van der Waals surface area contributed by atoms with Gasteiger partial charge in [-0.3, -0.25) is 9.69 Å². The molecular formula is C15H29N3O2. The van der Waals surface area contributed by atoms with Crippen molar-refractivity contribution in [2.24, 2.45) is 0 Å². The first-order chi connectivity index (χ1) is 9.65. The lowest BCUT2D eigenvalue weighted by Crippen LogP contribution is -2.49. The van der Waals surface area contributed by atoms with Gasteiger partial charge < -0.3 is 15.4 Å². The van der Waals surface area contributed by atoms with Crippen molar-refractivity contribution >= 4 is 5.91 Å². The molecule has 5 heteroatoms. The molecule has 0 aromatic carbocycles. The van der Waals surface area contributed by atoms with E-state index < -0.39 is 0 Å². The predicted octanol–water partition coefficient (Wildman–Crippen LogP) is 0.744. The van der Waals surface area contributed by atoms with Crippen LogP contribution in [0.3, 0.4) is 0 Å². The summed E-state index contributed by atoms with van der Waals surface area (Å²) in [6, 6.07) is 1.07. The van der Waals surface area contributed by atoms with Crippen molar-refractivity contribution in [3.63, 3.8) is 0 Å². The van der Waals surface area contributed by atoms with Crippen LogP contribution < -0.4 is 10.6 Å². The van der Waals surface area contributed by atoms with E-state index in [4.69, 9.17) is 4.74 Å². The van der Waals surface area contributed by atoms with E-state index in [-0.39, 0.29) is 12.0 Å². The second-order valence-electron chi connectivity index (χ2n) is 6.23. The first-order valence-corrected chi connectivity index (χ1v) is 8.01. The van der Waals surface area contributed by atoms with Crippen LogP contribution in [0.4, 0.5) is 0 Å². The summed E-state index contributed by atoms with van der Waals surface area (Å²) in [7, 11) is 0. The number of morpholine rings is 1. The van der Waals surface area contributed by atoms with Crippen LogP contribution in [0.15, 0.2) is 0 Å². The molecule has 0 aromatic heterocycles. The van der Waals surface area contributed by atoms with Crippen LogP contribution in [0.2, 0.25) is 0 Å². The molecule has 1 aliphatic carbocycles. The van der Waals surface area contributed by atoms with E-state index in [0.29, 0.717) is 18.5 Å². The molecule has 1 amide bonds. The second kappa shape index (κ2) is 7.96. The number of hydrogen-bond donors (Lipinski definition) is 2. The van der Waals surface area contributed by atoms with Crippen LogP contribution in [0.25, 0.3) is 0 Å². The van der Waals surface area contributed by atoms with Crippen molar-refractivity contribution in [3.05, 3.63) is 0 Å². The molecule has 1 saturated carbocycles. The third-order valence-electron chi connectivity index (χ3n) is 3.97. The van der Waals surface area contributed by atoms with Crippen molar-refractivity contribution in [2.75, 3.05) is 32.8 Å². The van der Waals surface area contributed by atoms with Crippen LogP contribution in [0.1, 0.15) is 39.5 Å². The SMILES string of the molecule is CC(C)N1CCOC(CNCCCC(=O)NC2CC2)C1. The first-order valence-electron chi connectivity index (χ1n) is 8.01. The number of carbonyl (C=O) groups is 1. The molecular weight excluding hydrogens is 254 g/mol. The minimum Gasteiger partial charge on any atom is -0.374 e. The molecule has 1 saturated heterocycles. The second-order valence-corrected chi connectivity index (χ2v) is 6.23. The lowest BCUT2D eigenvalue weighted by Gasteiger charge is -2.35. The van der Waals surface area contributed by atoms with Gasteiger partial charge in [0.15, 0.2) is 0 Å². The fraction of sp³-hybridized carbons (Fsp3) is 0.933. The van der Waals surface area contributed by atoms with Gasteiger partial charge in [-0.1, -0.05) is 0 Å². The molecule has 2 fully saturated rings. The van der Waals surface area contributed by atoms with Crippen LogP contribution in [0.5, 0.6) is 0 Å². The minimum atomic E-state index is 0.203. The highest BCUT2D eigenvalue weighted by atomic mass is 16.5. The molecule has 1 heterocycles. The van der Waals surface area contributed by atoms with E-state index in [0.717, 1.165) is 52.0 Å². The number of nitrogens with zero attached hydrogens (tertiary/aromatic N) is 1. The van der Waals surface area contributed by atoms with Crippen molar-refractivity contribution < 1.29 is 9.53 Å². The highest BCUT2D eigenvalue weighted by Crippen LogP contribution is 2.18. The van der Waals surface area contributed by atoms with Crippen LogP contribution in [-0.4, -0.2) is 61.8 Å². The third kappa shape index (κ3) is 5.77. The van der Waals surface area contributed by atoms with Crippen molar-refractivity contribution in [1.82, 2.24) is 15.5 Å². The lowest BCUT2D eigenvalue weighted by atomic mass is 10.2. The van der Waals surface area contributed by atoms with Gasteiger partial charge in [-0.25, -0.2) is 0 Å². The Labute approximate surface area is 122 Å². The summed E-state index contributed by atoms with van der Waals surface area (Å²) in [6.45, 7) is 9.10. The summed E-state index contributed by atoms with van der Waals surface area (Å²) in [5.41, 5.74) is 0. The Kier molecular flexibility index (Phi) is 6.26. The number of nitrogens with one attached hydrogen (secondary N) is 2. The molecule has 1 unspecified atom stereocenters. The number of carbonyl (C=O) groups excluding carboxylic acids is 1. The van der Waals surface area contributed by atoms with Gasteiger partial charge in [-0.2, -0.15) is 0 Å². The number of ether oxygens (including phenoxy) is 1. The molecule has 2 aliphatic rings. The average molecular weight is 283 g/mol. The van der Waals surface area contributed by atoms with Gasteiger partial charge in [0, 0.05) is 38.1 Å². The Balaban J connectivity index is 1.48. The summed E-state index contributed by atoms with van der Waals surface area (Å²) >= 11 is 0. The van der Waals surface area contributed by atoms with Crippen LogP contribution in [-0.2, 0) is 9.53 Å². The average Bonchev–Trinajstić information content (AvgIpc) is 3.22. The Bertz CT molecular complexity index is 305. The Hall–Kier alpha value is -0.650. The van der Waals surface area contributed by atoms with Gasteiger partial charge in [0.25, 0.3) is 0 Å². The first kappa shape index (κ1) is 15.7. The fourth-order valence-corrected chi connectivity index (χ4v) is 2.50. The molecule has 2 rings (SSSR count).